The summed E-state index contributed by atoms with van der Waals surface area (Å²) in [5.74, 6) is 0. The molecule has 3 nitrogen and oxygen atoms in total. The second kappa shape index (κ2) is 6.20. The fraction of sp³-hybridized carbons (Fsp3) is 0.471. The molecule has 1 aromatic carbocycles. The van der Waals surface area contributed by atoms with E-state index in [1.54, 1.807) is 0 Å². The zero-order chi connectivity index (χ0) is 14.8. The number of benzene rings is 1. The summed E-state index contributed by atoms with van der Waals surface area (Å²) >= 11 is 6.11. The van der Waals surface area contributed by atoms with Gasteiger partial charge in [0.05, 0.1) is 11.7 Å². The van der Waals surface area contributed by atoms with Crippen molar-refractivity contribution in [3.8, 4) is 0 Å². The first-order valence-electron chi connectivity index (χ1n) is 7.68. The number of nitrogens with two attached hydrogens (primary N) is 1. The number of nitrogens with zero attached hydrogens (tertiary/aromatic N) is 2. The Balaban J connectivity index is 1.70. The summed E-state index contributed by atoms with van der Waals surface area (Å²) in [5, 5.41) is 5.45. The normalized spacial score (nSPS) is 17.3. The lowest BCUT2D eigenvalue weighted by molar-refractivity contribution is 0.461. The summed E-state index contributed by atoms with van der Waals surface area (Å²) in [6.45, 7) is 2.04. The first-order chi connectivity index (χ1) is 10.1. The van der Waals surface area contributed by atoms with E-state index in [1.807, 2.05) is 19.1 Å². The van der Waals surface area contributed by atoms with Crippen LogP contribution in [0.1, 0.15) is 54.6 Å². The molecule has 1 aliphatic carbocycles. The third-order valence-corrected chi connectivity index (χ3v) is 4.50. The molecule has 0 spiro atoms. The SMILES string of the molecule is Cc1cc(Cl)cc(C(N)Cc2ccn(C3CCCC3)n2)c1. The van der Waals surface area contributed by atoms with Crippen LogP contribution in [0.4, 0.5) is 0 Å². The van der Waals surface area contributed by atoms with Gasteiger partial charge in [-0.2, -0.15) is 5.10 Å². The predicted molar refractivity (Wildman–Crippen MR) is 86.6 cm³/mol. The highest BCUT2D eigenvalue weighted by atomic mass is 35.5. The Morgan fingerprint density at radius 2 is 2.10 bits per heavy atom. The molecule has 1 heterocycles. The maximum absolute atomic E-state index is 6.32. The fourth-order valence-corrected chi connectivity index (χ4v) is 3.48. The summed E-state index contributed by atoms with van der Waals surface area (Å²) < 4.78 is 2.12. The fourth-order valence-electron chi connectivity index (χ4n) is 3.18. The molecule has 2 N–H and O–H groups in total. The average Bonchev–Trinajstić information content (AvgIpc) is 3.07. The molecule has 4 heteroatoms. The summed E-state index contributed by atoms with van der Waals surface area (Å²) in [4.78, 5) is 0. The van der Waals surface area contributed by atoms with Crippen LogP contribution >= 0.6 is 11.6 Å². The standard InChI is InChI=1S/C17H22ClN3/c1-12-8-13(10-14(18)9-12)17(19)11-15-6-7-21(20-15)16-4-2-3-5-16/h6-10,16-17H,2-5,11,19H2,1H3. The minimum absolute atomic E-state index is 0.0608. The molecule has 1 atom stereocenters. The summed E-state index contributed by atoms with van der Waals surface area (Å²) in [6.07, 6.45) is 7.99. The predicted octanol–water partition coefficient (Wildman–Crippen LogP) is 4.20. The maximum Gasteiger partial charge on any atom is 0.0643 e. The van der Waals surface area contributed by atoms with Crippen molar-refractivity contribution >= 4 is 11.6 Å². The largest absolute Gasteiger partial charge is 0.324 e. The number of hydrogen-bond acceptors (Lipinski definition) is 2. The molecule has 0 amide bonds. The van der Waals surface area contributed by atoms with E-state index in [2.05, 4.69) is 23.0 Å². The number of hydrogen-bond donors (Lipinski definition) is 1. The van der Waals surface area contributed by atoms with Gasteiger partial charge < -0.3 is 5.73 Å². The highest BCUT2D eigenvalue weighted by molar-refractivity contribution is 6.30. The second-order valence-corrected chi connectivity index (χ2v) is 6.53. The Bertz CT molecular complexity index is 594. The first kappa shape index (κ1) is 14.6. The van der Waals surface area contributed by atoms with Crippen LogP contribution in [0.25, 0.3) is 0 Å². The number of aromatic nitrogens is 2. The van der Waals surface area contributed by atoms with E-state index in [0.29, 0.717) is 6.04 Å². The molecular formula is C17H22ClN3. The van der Waals surface area contributed by atoms with Crippen LogP contribution in [0, 0.1) is 6.92 Å². The van der Waals surface area contributed by atoms with Gasteiger partial charge in [0.15, 0.2) is 0 Å². The lowest BCUT2D eigenvalue weighted by atomic mass is 10.0. The monoisotopic (exact) mass is 303 g/mol. The van der Waals surface area contributed by atoms with E-state index in [4.69, 9.17) is 22.4 Å². The number of rotatable bonds is 4. The molecule has 1 saturated carbocycles. The van der Waals surface area contributed by atoms with Gasteiger partial charge in [0, 0.05) is 23.7 Å². The van der Waals surface area contributed by atoms with Crippen molar-refractivity contribution < 1.29 is 0 Å². The molecule has 0 bridgehead atoms. The molecule has 21 heavy (non-hydrogen) atoms. The van der Waals surface area contributed by atoms with Gasteiger partial charge in [-0.1, -0.05) is 30.5 Å². The van der Waals surface area contributed by atoms with Crippen molar-refractivity contribution in [1.29, 1.82) is 0 Å². The Labute approximate surface area is 131 Å². The highest BCUT2D eigenvalue weighted by Crippen LogP contribution is 2.29. The first-order valence-corrected chi connectivity index (χ1v) is 8.06. The molecule has 1 aromatic heterocycles. The van der Waals surface area contributed by atoms with E-state index in [0.717, 1.165) is 28.3 Å². The number of aryl methyl sites for hydroxylation is 1. The maximum atomic E-state index is 6.32. The third-order valence-electron chi connectivity index (χ3n) is 4.28. The minimum Gasteiger partial charge on any atom is -0.324 e. The van der Waals surface area contributed by atoms with Gasteiger partial charge in [0.2, 0.25) is 0 Å². The van der Waals surface area contributed by atoms with Gasteiger partial charge in [0.25, 0.3) is 0 Å². The molecule has 112 valence electrons. The lowest BCUT2D eigenvalue weighted by Gasteiger charge is -2.13. The zero-order valence-electron chi connectivity index (χ0n) is 12.4. The Kier molecular flexibility index (Phi) is 4.32. The molecule has 0 saturated heterocycles. The van der Waals surface area contributed by atoms with Crippen LogP contribution in [-0.2, 0) is 6.42 Å². The van der Waals surface area contributed by atoms with Crippen molar-refractivity contribution in [3.05, 3.63) is 52.3 Å². The van der Waals surface area contributed by atoms with Crippen LogP contribution in [0.3, 0.4) is 0 Å². The Morgan fingerprint density at radius 3 is 2.81 bits per heavy atom. The van der Waals surface area contributed by atoms with Gasteiger partial charge in [-0.05, 0) is 49.1 Å². The smallest absolute Gasteiger partial charge is 0.0643 e. The number of halogens is 1. The van der Waals surface area contributed by atoms with E-state index < -0.39 is 0 Å². The highest BCUT2D eigenvalue weighted by Gasteiger charge is 2.18. The quantitative estimate of drug-likeness (QED) is 0.920. The van der Waals surface area contributed by atoms with Crippen LogP contribution in [0.2, 0.25) is 5.02 Å². The molecule has 1 unspecified atom stereocenters. The van der Waals surface area contributed by atoms with Crippen molar-refractivity contribution in [1.82, 2.24) is 9.78 Å². The topological polar surface area (TPSA) is 43.8 Å². The van der Waals surface area contributed by atoms with Gasteiger partial charge in [0.1, 0.15) is 0 Å². The molecule has 0 aliphatic heterocycles. The molecule has 2 aromatic rings. The summed E-state index contributed by atoms with van der Waals surface area (Å²) in [5.41, 5.74) is 9.60. The van der Waals surface area contributed by atoms with Crippen LogP contribution in [0.5, 0.6) is 0 Å². The summed E-state index contributed by atoms with van der Waals surface area (Å²) in [6, 6.07) is 8.62. The molecule has 1 aliphatic rings. The molecule has 0 radical (unpaired) electrons. The molecule has 3 rings (SSSR count). The van der Waals surface area contributed by atoms with Crippen molar-refractivity contribution in [2.45, 2.75) is 51.1 Å². The third kappa shape index (κ3) is 3.47. The minimum atomic E-state index is -0.0608. The molecular weight excluding hydrogens is 282 g/mol. The van der Waals surface area contributed by atoms with E-state index in [9.17, 15) is 0 Å². The zero-order valence-corrected chi connectivity index (χ0v) is 13.2. The van der Waals surface area contributed by atoms with Crippen LogP contribution < -0.4 is 5.73 Å². The van der Waals surface area contributed by atoms with E-state index >= 15 is 0 Å². The van der Waals surface area contributed by atoms with Crippen molar-refractivity contribution in [2.24, 2.45) is 5.73 Å². The van der Waals surface area contributed by atoms with Gasteiger partial charge in [-0.25, -0.2) is 0 Å². The van der Waals surface area contributed by atoms with E-state index in [-0.39, 0.29) is 6.04 Å². The van der Waals surface area contributed by atoms with E-state index in [1.165, 1.54) is 25.7 Å². The summed E-state index contributed by atoms with van der Waals surface area (Å²) in [7, 11) is 0. The van der Waals surface area contributed by atoms with Gasteiger partial charge in [-0.15, -0.1) is 0 Å². The Hall–Kier alpha value is -1.32. The van der Waals surface area contributed by atoms with Crippen molar-refractivity contribution in [3.63, 3.8) is 0 Å². The van der Waals surface area contributed by atoms with Crippen molar-refractivity contribution in [2.75, 3.05) is 0 Å². The average molecular weight is 304 g/mol. The van der Waals surface area contributed by atoms with Gasteiger partial charge >= 0.3 is 0 Å². The van der Waals surface area contributed by atoms with Crippen LogP contribution in [-0.4, -0.2) is 9.78 Å². The van der Waals surface area contributed by atoms with Crippen LogP contribution in [0.15, 0.2) is 30.5 Å². The lowest BCUT2D eigenvalue weighted by Crippen LogP contribution is -2.14. The Morgan fingerprint density at radius 1 is 1.33 bits per heavy atom. The molecule has 1 fully saturated rings. The van der Waals surface area contributed by atoms with Gasteiger partial charge in [-0.3, -0.25) is 4.68 Å². The second-order valence-electron chi connectivity index (χ2n) is 6.10.